The van der Waals surface area contributed by atoms with E-state index in [9.17, 15) is 13.2 Å². The molecule has 0 radical (unpaired) electrons. The van der Waals surface area contributed by atoms with E-state index in [1.807, 2.05) is 0 Å². The number of nitrogens with zero attached hydrogens (tertiary/aromatic N) is 1. The van der Waals surface area contributed by atoms with Crippen LogP contribution in [0.5, 0.6) is 5.75 Å². The Morgan fingerprint density at radius 2 is 1.71 bits per heavy atom. The molecule has 3 rings (SSSR count). The molecule has 2 aromatic rings. The highest BCUT2D eigenvalue weighted by Gasteiger charge is 2.22. The molecule has 0 aromatic heterocycles. The number of amides is 1. The second kappa shape index (κ2) is 9.27. The van der Waals surface area contributed by atoms with E-state index in [1.165, 1.54) is 31.4 Å². The number of hydrogen-bond acceptors (Lipinski definition) is 5. The average Bonchev–Trinajstić information content (AvgIpc) is 2.68. The summed E-state index contributed by atoms with van der Waals surface area (Å²) in [6.07, 6.45) is 1.56. The number of carbonyl (C=O) groups is 1. The SMILES string of the molecule is COc1ccccc1NS(=O)(=O)c1ccc(C(=O)N2CCC(N)CC2)cc1.Cl. The smallest absolute Gasteiger partial charge is 0.262 e. The quantitative estimate of drug-likeness (QED) is 0.766. The van der Waals surface area contributed by atoms with Crippen molar-refractivity contribution in [1.29, 1.82) is 0 Å². The van der Waals surface area contributed by atoms with Crippen LogP contribution in [0, 0.1) is 0 Å². The molecule has 1 aliphatic heterocycles. The van der Waals surface area contributed by atoms with Crippen LogP contribution in [0.25, 0.3) is 0 Å². The molecular formula is C19H24ClN3O4S. The lowest BCUT2D eigenvalue weighted by Crippen LogP contribution is -2.42. The fourth-order valence-electron chi connectivity index (χ4n) is 2.99. The number of likely N-dealkylation sites (tertiary alicyclic amines) is 1. The third-order valence-corrected chi connectivity index (χ3v) is 5.97. The van der Waals surface area contributed by atoms with E-state index < -0.39 is 10.0 Å². The minimum Gasteiger partial charge on any atom is -0.495 e. The molecule has 0 aliphatic carbocycles. The fraction of sp³-hybridized carbons (Fsp3) is 0.316. The van der Waals surface area contributed by atoms with Gasteiger partial charge in [0.25, 0.3) is 15.9 Å². The van der Waals surface area contributed by atoms with Crippen molar-refractivity contribution in [2.45, 2.75) is 23.8 Å². The van der Waals surface area contributed by atoms with Crippen LogP contribution in [0.15, 0.2) is 53.4 Å². The van der Waals surface area contributed by atoms with E-state index in [-0.39, 0.29) is 29.3 Å². The van der Waals surface area contributed by atoms with Crippen molar-refractivity contribution in [3.05, 3.63) is 54.1 Å². The third kappa shape index (κ3) is 4.95. The molecule has 1 fully saturated rings. The van der Waals surface area contributed by atoms with Crippen LogP contribution < -0.4 is 15.2 Å². The van der Waals surface area contributed by atoms with Gasteiger partial charge >= 0.3 is 0 Å². The zero-order chi connectivity index (χ0) is 19.4. The maximum atomic E-state index is 12.6. The van der Waals surface area contributed by atoms with Gasteiger partial charge in [-0.15, -0.1) is 12.4 Å². The molecule has 1 aliphatic rings. The van der Waals surface area contributed by atoms with Crippen LogP contribution >= 0.6 is 12.4 Å². The van der Waals surface area contributed by atoms with Crippen LogP contribution in [-0.2, 0) is 10.0 Å². The lowest BCUT2D eigenvalue weighted by atomic mass is 10.1. The molecule has 3 N–H and O–H groups in total. The number of ether oxygens (including phenoxy) is 1. The lowest BCUT2D eigenvalue weighted by molar-refractivity contribution is 0.0714. The fourth-order valence-corrected chi connectivity index (χ4v) is 4.06. The number of hydrogen-bond donors (Lipinski definition) is 2. The molecule has 1 heterocycles. The number of methoxy groups -OCH3 is 1. The van der Waals surface area contributed by atoms with E-state index in [2.05, 4.69) is 4.72 Å². The van der Waals surface area contributed by atoms with Gasteiger partial charge < -0.3 is 15.4 Å². The Bertz CT molecular complexity index is 911. The molecule has 0 unspecified atom stereocenters. The molecule has 0 atom stereocenters. The standard InChI is InChI=1S/C19H23N3O4S.ClH/c1-26-18-5-3-2-4-17(18)21-27(24,25)16-8-6-14(7-9-16)19(23)22-12-10-15(20)11-13-22;/h2-9,15,21H,10-13,20H2,1H3;1H. The number of anilines is 1. The number of benzene rings is 2. The molecule has 1 saturated heterocycles. The summed E-state index contributed by atoms with van der Waals surface area (Å²) in [6.45, 7) is 1.24. The Labute approximate surface area is 171 Å². The van der Waals surface area contributed by atoms with Crippen molar-refractivity contribution in [3.8, 4) is 5.75 Å². The minimum absolute atomic E-state index is 0. The van der Waals surface area contributed by atoms with Crippen molar-refractivity contribution in [3.63, 3.8) is 0 Å². The van der Waals surface area contributed by atoms with Crippen molar-refractivity contribution >= 4 is 34.0 Å². The number of halogens is 1. The number of para-hydroxylation sites is 2. The molecule has 0 saturated carbocycles. The largest absolute Gasteiger partial charge is 0.495 e. The van der Waals surface area contributed by atoms with E-state index in [4.69, 9.17) is 10.5 Å². The van der Waals surface area contributed by atoms with E-state index in [0.29, 0.717) is 30.1 Å². The van der Waals surface area contributed by atoms with E-state index in [1.54, 1.807) is 29.2 Å². The Hall–Kier alpha value is -2.29. The Morgan fingerprint density at radius 1 is 1.11 bits per heavy atom. The molecule has 0 spiro atoms. The van der Waals surface area contributed by atoms with Gasteiger partial charge in [0.2, 0.25) is 0 Å². The van der Waals surface area contributed by atoms with Gasteiger partial charge in [-0.2, -0.15) is 0 Å². The molecule has 2 aromatic carbocycles. The van der Waals surface area contributed by atoms with Gasteiger partial charge in [-0.1, -0.05) is 12.1 Å². The highest BCUT2D eigenvalue weighted by molar-refractivity contribution is 7.92. The minimum atomic E-state index is -3.79. The normalized spacial score (nSPS) is 14.9. The summed E-state index contributed by atoms with van der Waals surface area (Å²) in [7, 11) is -2.32. The molecule has 9 heteroatoms. The average molecular weight is 426 g/mol. The summed E-state index contributed by atoms with van der Waals surface area (Å²) in [5.41, 5.74) is 6.68. The molecular weight excluding hydrogens is 402 g/mol. The van der Waals surface area contributed by atoms with Gasteiger partial charge in [-0.25, -0.2) is 8.42 Å². The monoisotopic (exact) mass is 425 g/mol. The second-order valence-corrected chi connectivity index (χ2v) is 8.14. The van der Waals surface area contributed by atoms with Crippen molar-refractivity contribution in [1.82, 2.24) is 4.90 Å². The van der Waals surface area contributed by atoms with Crippen LogP contribution in [0.1, 0.15) is 23.2 Å². The van der Waals surface area contributed by atoms with Crippen LogP contribution in [-0.4, -0.2) is 45.5 Å². The maximum Gasteiger partial charge on any atom is 0.262 e. The number of piperidine rings is 1. The zero-order valence-corrected chi connectivity index (χ0v) is 17.1. The summed E-state index contributed by atoms with van der Waals surface area (Å²) in [5.74, 6) is 0.319. The lowest BCUT2D eigenvalue weighted by Gasteiger charge is -2.30. The summed E-state index contributed by atoms with van der Waals surface area (Å²) >= 11 is 0. The van der Waals surface area contributed by atoms with Crippen LogP contribution in [0.2, 0.25) is 0 Å². The van der Waals surface area contributed by atoms with Gasteiger partial charge in [0, 0.05) is 24.7 Å². The molecule has 7 nitrogen and oxygen atoms in total. The zero-order valence-electron chi connectivity index (χ0n) is 15.5. The van der Waals surface area contributed by atoms with Crippen molar-refractivity contribution < 1.29 is 17.9 Å². The summed E-state index contributed by atoms with van der Waals surface area (Å²) in [6, 6.07) is 12.8. The van der Waals surface area contributed by atoms with Gasteiger partial charge in [0.15, 0.2) is 0 Å². The van der Waals surface area contributed by atoms with Gasteiger partial charge in [-0.05, 0) is 49.2 Å². The van der Waals surface area contributed by atoms with Gasteiger partial charge in [-0.3, -0.25) is 9.52 Å². The van der Waals surface area contributed by atoms with Crippen molar-refractivity contribution in [2.24, 2.45) is 5.73 Å². The third-order valence-electron chi connectivity index (χ3n) is 4.59. The first kappa shape index (κ1) is 22.0. The van der Waals surface area contributed by atoms with Crippen LogP contribution in [0.3, 0.4) is 0 Å². The van der Waals surface area contributed by atoms with E-state index >= 15 is 0 Å². The Kier molecular flexibility index (Phi) is 7.29. The first-order valence-electron chi connectivity index (χ1n) is 8.71. The highest BCUT2D eigenvalue weighted by atomic mass is 35.5. The Morgan fingerprint density at radius 3 is 2.32 bits per heavy atom. The number of rotatable bonds is 5. The number of nitrogens with one attached hydrogen (secondary N) is 1. The van der Waals surface area contributed by atoms with Gasteiger partial charge in [0.1, 0.15) is 5.75 Å². The predicted molar refractivity (Wildman–Crippen MR) is 111 cm³/mol. The highest BCUT2D eigenvalue weighted by Crippen LogP contribution is 2.26. The predicted octanol–water partition coefficient (Wildman–Crippen LogP) is 2.48. The molecule has 152 valence electrons. The summed E-state index contributed by atoms with van der Waals surface area (Å²) in [5, 5.41) is 0. The molecule has 28 heavy (non-hydrogen) atoms. The summed E-state index contributed by atoms with van der Waals surface area (Å²) in [4.78, 5) is 14.4. The number of carbonyl (C=O) groups excluding carboxylic acids is 1. The van der Waals surface area contributed by atoms with Gasteiger partial charge in [0.05, 0.1) is 17.7 Å². The molecule has 0 bridgehead atoms. The van der Waals surface area contributed by atoms with Crippen molar-refractivity contribution in [2.75, 3.05) is 24.9 Å². The Balaban J connectivity index is 0.00000280. The van der Waals surface area contributed by atoms with E-state index in [0.717, 1.165) is 12.8 Å². The number of sulfonamides is 1. The second-order valence-electron chi connectivity index (χ2n) is 6.46. The first-order chi connectivity index (χ1) is 12.9. The summed E-state index contributed by atoms with van der Waals surface area (Å²) < 4.78 is 32.9. The first-order valence-corrected chi connectivity index (χ1v) is 10.2. The maximum absolute atomic E-state index is 12.6. The topological polar surface area (TPSA) is 102 Å². The number of nitrogens with two attached hydrogens (primary N) is 1. The van der Waals surface area contributed by atoms with Crippen LogP contribution in [0.4, 0.5) is 5.69 Å². The molecule has 1 amide bonds.